The summed E-state index contributed by atoms with van der Waals surface area (Å²) < 4.78 is 0. The van der Waals surface area contributed by atoms with Crippen LogP contribution in [0.5, 0.6) is 0 Å². The van der Waals surface area contributed by atoms with Gasteiger partial charge in [0.25, 0.3) is 0 Å². The summed E-state index contributed by atoms with van der Waals surface area (Å²) in [5.74, 6) is 0. The number of benzene rings is 3. The highest BCUT2D eigenvalue weighted by Crippen LogP contribution is 2.28. The predicted molar refractivity (Wildman–Crippen MR) is 77.5 cm³/mol. The van der Waals surface area contributed by atoms with Crippen LogP contribution in [0, 0.1) is 0 Å². The van der Waals surface area contributed by atoms with Crippen molar-refractivity contribution in [3.05, 3.63) is 53.2 Å². The van der Waals surface area contributed by atoms with Crippen molar-refractivity contribution < 1.29 is 0 Å². The minimum absolute atomic E-state index is 1.03. The van der Waals surface area contributed by atoms with E-state index in [-0.39, 0.29) is 0 Å². The first-order valence-electron chi connectivity index (χ1n) is 6.45. The lowest BCUT2D eigenvalue weighted by molar-refractivity contribution is 0.375. The van der Waals surface area contributed by atoms with E-state index in [1.807, 2.05) is 0 Å². The van der Waals surface area contributed by atoms with Crippen molar-refractivity contribution in [2.45, 2.75) is 6.54 Å². The Morgan fingerprint density at radius 1 is 0.889 bits per heavy atom. The Morgan fingerprint density at radius 3 is 2.50 bits per heavy atom. The molecule has 18 heavy (non-hydrogen) atoms. The lowest BCUT2D eigenvalue weighted by atomic mass is 9.95. The van der Waals surface area contributed by atoms with Gasteiger partial charge in [0.2, 0.25) is 0 Å². The molecule has 1 aliphatic heterocycles. The third kappa shape index (κ3) is 1.31. The molecule has 0 fully saturated rings. The van der Waals surface area contributed by atoms with Gasteiger partial charge < -0.3 is 0 Å². The Labute approximate surface area is 106 Å². The fourth-order valence-electron chi connectivity index (χ4n) is 3.09. The zero-order valence-electron chi connectivity index (χ0n) is 10.5. The molecule has 0 aromatic heterocycles. The number of hydrogen-bond acceptors (Lipinski definition) is 1. The number of nitrogens with zero attached hydrogens (tertiary/aromatic N) is 1. The van der Waals surface area contributed by atoms with Gasteiger partial charge in [-0.15, -0.1) is 0 Å². The zero-order chi connectivity index (χ0) is 12.1. The van der Waals surface area contributed by atoms with Crippen molar-refractivity contribution in [3.8, 4) is 0 Å². The summed E-state index contributed by atoms with van der Waals surface area (Å²) in [5.41, 5.74) is 1.45. The summed E-state index contributed by atoms with van der Waals surface area (Å²) in [6.45, 7) is 2.06. The van der Waals surface area contributed by atoms with Crippen molar-refractivity contribution in [2.75, 3.05) is 13.6 Å². The van der Waals surface area contributed by atoms with E-state index < -0.39 is 0 Å². The van der Waals surface area contributed by atoms with E-state index >= 15 is 0 Å². The Hall–Kier alpha value is -1.86. The van der Waals surface area contributed by atoms with Gasteiger partial charge in [-0.1, -0.05) is 48.5 Å². The van der Waals surface area contributed by atoms with Crippen molar-refractivity contribution in [2.24, 2.45) is 0 Å². The first kappa shape index (κ1) is 10.1. The molecule has 0 saturated heterocycles. The summed E-state index contributed by atoms with van der Waals surface area (Å²) in [6, 6.07) is 15.6. The maximum atomic E-state index is 2.36. The van der Waals surface area contributed by atoms with E-state index in [1.165, 1.54) is 32.3 Å². The third-order valence-corrected chi connectivity index (χ3v) is 3.96. The van der Waals surface area contributed by atoms with Crippen LogP contribution in [0.25, 0.3) is 27.6 Å². The number of hydrogen-bond donors (Lipinski definition) is 0. The maximum absolute atomic E-state index is 2.36. The van der Waals surface area contributed by atoms with Crippen LogP contribution in [0.2, 0.25) is 0 Å². The molecule has 0 aliphatic carbocycles. The van der Waals surface area contributed by atoms with Crippen LogP contribution in [0.1, 0.15) is 5.56 Å². The smallest absolute Gasteiger partial charge is 0.0240 e. The highest BCUT2D eigenvalue weighted by molar-refractivity contribution is 6.11. The second kappa shape index (κ2) is 3.56. The van der Waals surface area contributed by atoms with Gasteiger partial charge in [0.15, 0.2) is 0 Å². The molecule has 0 spiro atoms. The molecular formula is C17H15N. The molecule has 0 N–H and O–H groups in total. The van der Waals surface area contributed by atoms with Gasteiger partial charge in [-0.3, -0.25) is 4.90 Å². The largest absolute Gasteiger partial charge is 0.298 e. The average molecular weight is 233 g/mol. The van der Waals surface area contributed by atoms with Crippen LogP contribution < -0.4 is 5.22 Å². The molecular weight excluding hydrogens is 218 g/mol. The normalized spacial score (nSPS) is 15.8. The molecule has 0 bridgehead atoms. The fourth-order valence-corrected chi connectivity index (χ4v) is 3.09. The quantitative estimate of drug-likeness (QED) is 0.577. The monoisotopic (exact) mass is 233 g/mol. The van der Waals surface area contributed by atoms with Crippen LogP contribution >= 0.6 is 0 Å². The number of rotatable bonds is 0. The van der Waals surface area contributed by atoms with Crippen LogP contribution in [0.4, 0.5) is 0 Å². The molecule has 4 rings (SSSR count). The summed E-state index contributed by atoms with van der Waals surface area (Å²) in [4.78, 5) is 2.36. The van der Waals surface area contributed by atoms with Gasteiger partial charge >= 0.3 is 0 Å². The lowest BCUT2D eigenvalue weighted by Crippen LogP contribution is -2.16. The summed E-state index contributed by atoms with van der Waals surface area (Å²) in [7, 11) is 2.18. The van der Waals surface area contributed by atoms with Crippen LogP contribution in [-0.4, -0.2) is 18.5 Å². The summed E-state index contributed by atoms with van der Waals surface area (Å²) >= 11 is 0. The minimum atomic E-state index is 1.03. The van der Waals surface area contributed by atoms with Crippen LogP contribution in [0.3, 0.4) is 0 Å². The summed E-state index contributed by atoms with van der Waals surface area (Å²) in [6.07, 6.45) is 2.34. The molecule has 1 nitrogen and oxygen atoms in total. The molecule has 0 unspecified atom stereocenters. The molecule has 1 heteroatoms. The molecule has 0 radical (unpaired) electrons. The SMILES string of the molecule is CN1CC=c2ccc3cccc4ccc(c2c43)C1. The third-order valence-electron chi connectivity index (χ3n) is 3.96. The van der Waals surface area contributed by atoms with Crippen molar-refractivity contribution in [1.29, 1.82) is 0 Å². The van der Waals surface area contributed by atoms with Gasteiger partial charge in [-0.2, -0.15) is 0 Å². The fraction of sp³-hybridized carbons (Fsp3) is 0.176. The topological polar surface area (TPSA) is 3.24 Å². The molecule has 0 saturated carbocycles. The molecule has 0 amide bonds. The van der Waals surface area contributed by atoms with Gasteiger partial charge in [0.1, 0.15) is 0 Å². The second-order valence-corrected chi connectivity index (χ2v) is 5.23. The van der Waals surface area contributed by atoms with Crippen molar-refractivity contribution >= 4 is 27.6 Å². The standard InChI is InChI=1S/C17H15N/c1-18-10-9-14-6-5-12-3-2-4-13-7-8-15(11-18)17(14)16(12)13/h2-9H,10-11H2,1H3. The zero-order valence-corrected chi connectivity index (χ0v) is 10.5. The molecule has 3 aromatic rings. The molecule has 0 atom stereocenters. The Bertz CT molecular complexity index is 785. The Kier molecular flexibility index (Phi) is 2.00. The van der Waals surface area contributed by atoms with Gasteiger partial charge in [-0.05, 0) is 39.4 Å². The van der Waals surface area contributed by atoms with E-state index in [2.05, 4.69) is 60.5 Å². The first-order chi connectivity index (χ1) is 8.83. The molecule has 1 heterocycles. The predicted octanol–water partition coefficient (Wildman–Crippen LogP) is 2.94. The first-order valence-corrected chi connectivity index (χ1v) is 6.45. The van der Waals surface area contributed by atoms with E-state index in [1.54, 1.807) is 0 Å². The van der Waals surface area contributed by atoms with Crippen molar-refractivity contribution in [3.63, 3.8) is 0 Å². The summed E-state index contributed by atoms with van der Waals surface area (Å²) in [5, 5.41) is 6.98. The molecule has 88 valence electrons. The van der Waals surface area contributed by atoms with Gasteiger partial charge in [-0.25, -0.2) is 0 Å². The Balaban J connectivity index is 2.30. The molecule has 3 aromatic carbocycles. The van der Waals surface area contributed by atoms with Crippen molar-refractivity contribution in [1.82, 2.24) is 4.90 Å². The van der Waals surface area contributed by atoms with Gasteiger partial charge in [0.05, 0.1) is 0 Å². The second-order valence-electron chi connectivity index (χ2n) is 5.23. The van der Waals surface area contributed by atoms with E-state index in [9.17, 15) is 0 Å². The van der Waals surface area contributed by atoms with E-state index in [0.29, 0.717) is 0 Å². The van der Waals surface area contributed by atoms with Crippen LogP contribution in [0.15, 0.2) is 42.5 Å². The van der Waals surface area contributed by atoms with Gasteiger partial charge in [0, 0.05) is 13.1 Å². The molecule has 1 aliphatic rings. The van der Waals surface area contributed by atoms with Crippen LogP contribution in [-0.2, 0) is 6.54 Å². The van der Waals surface area contributed by atoms with E-state index in [4.69, 9.17) is 0 Å². The minimum Gasteiger partial charge on any atom is -0.298 e. The highest BCUT2D eigenvalue weighted by atomic mass is 15.1. The van der Waals surface area contributed by atoms with E-state index in [0.717, 1.165) is 13.1 Å². The maximum Gasteiger partial charge on any atom is 0.0240 e. The Morgan fingerprint density at radius 2 is 1.67 bits per heavy atom. The highest BCUT2D eigenvalue weighted by Gasteiger charge is 2.11. The average Bonchev–Trinajstić information content (AvgIpc) is 2.56. The lowest BCUT2D eigenvalue weighted by Gasteiger charge is -2.14.